The predicted octanol–water partition coefficient (Wildman–Crippen LogP) is 3.38. The van der Waals surface area contributed by atoms with Crippen LogP contribution in [0.2, 0.25) is 0 Å². The minimum Gasteiger partial charge on any atom is -0.352 e. The van der Waals surface area contributed by atoms with Crippen LogP contribution in [0.3, 0.4) is 0 Å². The maximum Gasteiger partial charge on any atom is 0.155 e. The summed E-state index contributed by atoms with van der Waals surface area (Å²) >= 11 is 0. The van der Waals surface area contributed by atoms with E-state index >= 15 is 0 Å². The molecule has 1 fully saturated rings. The summed E-state index contributed by atoms with van der Waals surface area (Å²) in [6, 6.07) is 6.54. The van der Waals surface area contributed by atoms with E-state index in [4.69, 9.17) is 0 Å². The quantitative estimate of drug-likeness (QED) is 0.652. The molecule has 8 heteroatoms. The number of aromatic nitrogens is 4. The van der Waals surface area contributed by atoms with Crippen LogP contribution in [0.15, 0.2) is 36.7 Å². The molecule has 1 aliphatic heterocycles. The highest BCUT2D eigenvalue weighted by Gasteiger charge is 2.23. The number of hydrogen-bond donors (Lipinski definition) is 0. The van der Waals surface area contributed by atoms with Crippen LogP contribution in [-0.4, -0.2) is 50.8 Å². The molecule has 3 aromatic rings. The van der Waals surface area contributed by atoms with Crippen LogP contribution in [0.25, 0.3) is 11.3 Å². The molecule has 3 heterocycles. The summed E-state index contributed by atoms with van der Waals surface area (Å²) in [5.74, 6) is 0.558. The molecule has 0 aliphatic carbocycles. The third-order valence-electron chi connectivity index (χ3n) is 5.49. The first kappa shape index (κ1) is 21.2. The van der Waals surface area contributed by atoms with Crippen molar-refractivity contribution in [3.05, 3.63) is 59.4 Å². The molecule has 6 nitrogen and oxygen atoms in total. The van der Waals surface area contributed by atoms with Crippen molar-refractivity contribution in [2.75, 3.05) is 31.1 Å². The Labute approximate surface area is 176 Å². The highest BCUT2D eigenvalue weighted by Crippen LogP contribution is 2.28. The highest BCUT2D eigenvalue weighted by atomic mass is 35.5. The number of rotatable bonds is 4. The standard InChI is InChI=1S/C21H25FN6.ClH/c1-15-19(16(2)26(3)25-15)14-27-9-11-28(12-10-27)21-20(23-7-8-24-21)17-5-4-6-18(22)13-17;/h4-8,13H,9-12,14H2,1-3H3;1H. The van der Waals surface area contributed by atoms with Gasteiger partial charge in [0, 0.05) is 69.0 Å². The van der Waals surface area contributed by atoms with Gasteiger partial charge < -0.3 is 4.90 Å². The maximum atomic E-state index is 13.7. The van der Waals surface area contributed by atoms with Crippen molar-refractivity contribution in [2.45, 2.75) is 20.4 Å². The smallest absolute Gasteiger partial charge is 0.155 e. The van der Waals surface area contributed by atoms with Crippen molar-refractivity contribution in [1.29, 1.82) is 0 Å². The Morgan fingerprint density at radius 3 is 2.41 bits per heavy atom. The van der Waals surface area contributed by atoms with Gasteiger partial charge in [0.2, 0.25) is 0 Å². The third-order valence-corrected chi connectivity index (χ3v) is 5.49. The zero-order valence-corrected chi connectivity index (χ0v) is 17.8. The van der Waals surface area contributed by atoms with Crippen LogP contribution in [0.5, 0.6) is 0 Å². The molecule has 0 spiro atoms. The Hall–Kier alpha value is -2.51. The lowest BCUT2D eigenvalue weighted by molar-refractivity contribution is 0.248. The molecule has 2 aromatic heterocycles. The number of nitrogens with zero attached hydrogens (tertiary/aromatic N) is 6. The molecule has 0 bridgehead atoms. The van der Waals surface area contributed by atoms with Gasteiger partial charge in [-0.2, -0.15) is 5.10 Å². The number of anilines is 1. The molecule has 1 saturated heterocycles. The van der Waals surface area contributed by atoms with Gasteiger partial charge in [-0.3, -0.25) is 14.6 Å². The van der Waals surface area contributed by atoms with Crippen molar-refractivity contribution in [1.82, 2.24) is 24.6 Å². The number of hydrogen-bond acceptors (Lipinski definition) is 5. The molecule has 0 amide bonds. The van der Waals surface area contributed by atoms with Gasteiger partial charge in [-0.25, -0.2) is 9.37 Å². The first-order chi connectivity index (χ1) is 13.5. The Balaban J connectivity index is 0.00000240. The molecule has 0 atom stereocenters. The van der Waals surface area contributed by atoms with E-state index in [1.54, 1.807) is 18.5 Å². The Bertz CT molecular complexity index is 981. The van der Waals surface area contributed by atoms with E-state index in [1.165, 1.54) is 23.4 Å². The fourth-order valence-corrected chi connectivity index (χ4v) is 3.79. The lowest BCUT2D eigenvalue weighted by atomic mass is 10.1. The minimum absolute atomic E-state index is 0. The first-order valence-electron chi connectivity index (χ1n) is 9.56. The lowest BCUT2D eigenvalue weighted by Gasteiger charge is -2.36. The summed E-state index contributed by atoms with van der Waals surface area (Å²) in [5, 5.41) is 4.52. The van der Waals surface area contributed by atoms with Gasteiger partial charge in [0.05, 0.1) is 5.69 Å². The summed E-state index contributed by atoms with van der Waals surface area (Å²) in [7, 11) is 1.99. The van der Waals surface area contributed by atoms with Crippen molar-refractivity contribution >= 4 is 18.2 Å². The van der Waals surface area contributed by atoms with Crippen molar-refractivity contribution < 1.29 is 4.39 Å². The summed E-state index contributed by atoms with van der Waals surface area (Å²) in [5.41, 5.74) is 5.13. The Morgan fingerprint density at radius 2 is 1.76 bits per heavy atom. The van der Waals surface area contributed by atoms with Crippen molar-refractivity contribution in [3.8, 4) is 11.3 Å². The molecule has 1 aromatic carbocycles. The van der Waals surface area contributed by atoms with E-state index < -0.39 is 0 Å². The van der Waals surface area contributed by atoms with Gasteiger partial charge in [0.1, 0.15) is 11.5 Å². The van der Waals surface area contributed by atoms with Crippen molar-refractivity contribution in [3.63, 3.8) is 0 Å². The highest BCUT2D eigenvalue weighted by molar-refractivity contribution is 5.85. The van der Waals surface area contributed by atoms with E-state index in [2.05, 4.69) is 38.7 Å². The largest absolute Gasteiger partial charge is 0.352 e. The summed E-state index contributed by atoms with van der Waals surface area (Å²) < 4.78 is 15.6. The third kappa shape index (κ3) is 4.41. The number of benzene rings is 1. The Morgan fingerprint density at radius 1 is 1.03 bits per heavy atom. The molecule has 4 rings (SSSR count). The topological polar surface area (TPSA) is 50.1 Å². The number of halogens is 2. The van der Waals surface area contributed by atoms with Gasteiger partial charge in [-0.15, -0.1) is 12.4 Å². The van der Waals surface area contributed by atoms with E-state index in [0.29, 0.717) is 0 Å². The fraction of sp³-hybridized carbons (Fsp3) is 0.381. The summed E-state index contributed by atoms with van der Waals surface area (Å²) in [6.07, 6.45) is 3.36. The van der Waals surface area contributed by atoms with Crippen LogP contribution in [0.1, 0.15) is 17.0 Å². The second-order valence-electron chi connectivity index (χ2n) is 7.28. The zero-order valence-electron chi connectivity index (χ0n) is 17.0. The van der Waals surface area contributed by atoms with Gasteiger partial charge in [0.15, 0.2) is 5.82 Å². The second-order valence-corrected chi connectivity index (χ2v) is 7.28. The van der Waals surface area contributed by atoms with Crippen LogP contribution < -0.4 is 4.90 Å². The van der Waals surface area contributed by atoms with Gasteiger partial charge in [0.25, 0.3) is 0 Å². The van der Waals surface area contributed by atoms with Crippen LogP contribution in [0.4, 0.5) is 10.2 Å². The van der Waals surface area contributed by atoms with Gasteiger partial charge in [-0.05, 0) is 26.0 Å². The maximum absolute atomic E-state index is 13.7. The molecule has 29 heavy (non-hydrogen) atoms. The van der Waals surface area contributed by atoms with Crippen LogP contribution >= 0.6 is 12.4 Å². The summed E-state index contributed by atoms with van der Waals surface area (Å²) in [6.45, 7) is 8.70. The van der Waals surface area contributed by atoms with E-state index in [-0.39, 0.29) is 18.2 Å². The van der Waals surface area contributed by atoms with Crippen molar-refractivity contribution in [2.24, 2.45) is 7.05 Å². The lowest BCUT2D eigenvalue weighted by Crippen LogP contribution is -2.46. The second kappa shape index (κ2) is 8.88. The molecule has 0 unspecified atom stereocenters. The average Bonchev–Trinajstić information content (AvgIpc) is 2.95. The first-order valence-corrected chi connectivity index (χ1v) is 9.56. The summed E-state index contributed by atoms with van der Waals surface area (Å²) in [4.78, 5) is 13.7. The van der Waals surface area contributed by atoms with Gasteiger partial charge in [-0.1, -0.05) is 12.1 Å². The number of aryl methyl sites for hydroxylation is 2. The monoisotopic (exact) mass is 416 g/mol. The molecule has 154 valence electrons. The van der Waals surface area contributed by atoms with Crippen LogP contribution in [-0.2, 0) is 13.6 Å². The van der Waals surface area contributed by atoms with E-state index in [1.807, 2.05) is 17.8 Å². The fourth-order valence-electron chi connectivity index (χ4n) is 3.79. The molecular weight excluding hydrogens is 391 g/mol. The molecular formula is C21H26ClFN6. The SMILES string of the molecule is Cc1nn(C)c(C)c1CN1CCN(c2nccnc2-c2cccc(F)c2)CC1.Cl. The minimum atomic E-state index is -0.263. The van der Waals surface area contributed by atoms with E-state index in [0.717, 1.165) is 55.5 Å². The normalized spacial score (nSPS) is 14.7. The van der Waals surface area contributed by atoms with Crippen LogP contribution in [0, 0.1) is 19.7 Å². The van der Waals surface area contributed by atoms with Gasteiger partial charge >= 0.3 is 0 Å². The zero-order chi connectivity index (χ0) is 19.7. The number of piperazine rings is 1. The van der Waals surface area contributed by atoms with E-state index in [9.17, 15) is 4.39 Å². The average molecular weight is 417 g/mol. The molecule has 0 saturated carbocycles. The predicted molar refractivity (Wildman–Crippen MR) is 115 cm³/mol. The Kier molecular flexibility index (Phi) is 6.49. The molecule has 0 radical (unpaired) electrons. The molecule has 0 N–H and O–H groups in total. The molecule has 1 aliphatic rings.